The van der Waals surface area contributed by atoms with Gasteiger partial charge in [0.25, 0.3) is 0 Å². The third-order valence-corrected chi connectivity index (χ3v) is 9.79. The Hall–Kier alpha value is 1.03. The zero-order valence-electron chi connectivity index (χ0n) is 5.58. The minimum atomic E-state index is -2.65. The van der Waals surface area contributed by atoms with Crippen molar-refractivity contribution in [2.75, 3.05) is 0 Å². The Balaban J connectivity index is 4.23. The molecule has 0 atom stereocenters. The van der Waals surface area contributed by atoms with Crippen molar-refractivity contribution < 1.29 is 0 Å². The van der Waals surface area contributed by atoms with Gasteiger partial charge < -0.3 is 4.65 Å². The van der Waals surface area contributed by atoms with Gasteiger partial charge in [0.1, 0.15) is 0 Å². The SMILES string of the molecule is C=C[Si](Cl)(Cl)N[Si](Cl)(Cl)C=C. The average Bonchev–Trinajstić information content (AvgIpc) is 1.86. The largest absolute Gasteiger partial charge is 0.342 e. The predicted octanol–water partition coefficient (Wildman–Crippen LogP) is 2.86. The zero-order valence-corrected chi connectivity index (χ0v) is 10.6. The van der Waals surface area contributed by atoms with E-state index in [2.05, 4.69) is 17.8 Å². The molecule has 0 bridgehead atoms. The van der Waals surface area contributed by atoms with E-state index >= 15 is 0 Å². The molecule has 7 heteroatoms. The van der Waals surface area contributed by atoms with Crippen LogP contribution >= 0.6 is 44.3 Å². The molecule has 0 radical (unpaired) electrons. The number of hydrogen-bond donors (Lipinski definition) is 1. The molecule has 0 fully saturated rings. The van der Waals surface area contributed by atoms with E-state index in [1.54, 1.807) is 0 Å². The highest BCUT2D eigenvalue weighted by Crippen LogP contribution is 2.20. The van der Waals surface area contributed by atoms with Crippen LogP contribution in [0, 0.1) is 0 Å². The first-order valence-corrected chi connectivity index (χ1v) is 10.9. The quantitative estimate of drug-likeness (QED) is 0.610. The Morgan fingerprint density at radius 2 is 1.18 bits per heavy atom. The second-order valence-corrected chi connectivity index (χ2v) is 14.4. The van der Waals surface area contributed by atoms with Crippen molar-refractivity contribution in [3.8, 4) is 0 Å². The molecule has 0 aliphatic carbocycles. The van der Waals surface area contributed by atoms with E-state index in [9.17, 15) is 0 Å². The predicted molar refractivity (Wildman–Crippen MR) is 58.4 cm³/mol. The van der Waals surface area contributed by atoms with Crippen LogP contribution in [0.1, 0.15) is 0 Å². The number of rotatable bonds is 4. The molecule has 0 aromatic heterocycles. The lowest BCUT2D eigenvalue weighted by molar-refractivity contribution is 1.54. The van der Waals surface area contributed by atoms with Crippen LogP contribution in [0.4, 0.5) is 0 Å². The monoisotopic (exact) mass is 265 g/mol. The van der Waals surface area contributed by atoms with Crippen LogP contribution in [-0.4, -0.2) is 13.7 Å². The summed E-state index contributed by atoms with van der Waals surface area (Å²) in [7, 11) is 0. The second-order valence-electron chi connectivity index (χ2n) is 1.78. The number of halogens is 4. The molecule has 0 aromatic carbocycles. The van der Waals surface area contributed by atoms with Gasteiger partial charge in [-0.05, 0) is 0 Å². The minimum Gasteiger partial charge on any atom is -0.305 e. The maximum absolute atomic E-state index is 5.78. The molecule has 0 aromatic rings. The Bertz CT molecular complexity index is 151. The molecule has 0 spiro atoms. The van der Waals surface area contributed by atoms with Crippen molar-refractivity contribution in [3.63, 3.8) is 0 Å². The molecule has 0 unspecified atom stereocenters. The van der Waals surface area contributed by atoms with Crippen molar-refractivity contribution in [2.24, 2.45) is 0 Å². The molecule has 0 amide bonds. The molecular formula is C4H7Cl4NSi2. The summed E-state index contributed by atoms with van der Waals surface area (Å²) in [6.07, 6.45) is 0. The second kappa shape index (κ2) is 4.32. The molecule has 0 saturated carbocycles. The van der Waals surface area contributed by atoms with Gasteiger partial charge in [0.2, 0.25) is 0 Å². The maximum Gasteiger partial charge on any atom is 0.342 e. The summed E-state index contributed by atoms with van der Waals surface area (Å²) in [4.78, 5) is 0. The van der Waals surface area contributed by atoms with E-state index < -0.39 is 13.7 Å². The van der Waals surface area contributed by atoms with Gasteiger partial charge in [-0.2, -0.15) is 0 Å². The molecule has 0 aliphatic rings. The van der Waals surface area contributed by atoms with Gasteiger partial charge in [-0.3, -0.25) is 0 Å². The van der Waals surface area contributed by atoms with Crippen molar-refractivity contribution >= 4 is 58.0 Å². The van der Waals surface area contributed by atoms with E-state index in [0.29, 0.717) is 0 Å². The molecule has 64 valence electrons. The van der Waals surface area contributed by atoms with E-state index in [1.165, 1.54) is 11.4 Å². The highest BCUT2D eigenvalue weighted by atomic mass is 35.7. The highest BCUT2D eigenvalue weighted by Gasteiger charge is 2.36. The molecule has 11 heavy (non-hydrogen) atoms. The van der Waals surface area contributed by atoms with E-state index in [0.717, 1.165) is 0 Å². The zero-order chi connectivity index (χ0) is 9.12. The number of hydrogen-bond acceptors (Lipinski definition) is 1. The summed E-state index contributed by atoms with van der Waals surface area (Å²) < 4.78 is 2.74. The summed E-state index contributed by atoms with van der Waals surface area (Å²) in [5.74, 6) is 0. The van der Waals surface area contributed by atoms with Crippen LogP contribution in [0.3, 0.4) is 0 Å². The van der Waals surface area contributed by atoms with Crippen LogP contribution in [0.15, 0.2) is 24.6 Å². The Morgan fingerprint density at radius 1 is 0.909 bits per heavy atom. The fourth-order valence-corrected chi connectivity index (χ4v) is 10.0. The molecule has 0 heterocycles. The molecule has 0 aliphatic heterocycles. The molecule has 1 N–H and O–H groups in total. The summed E-state index contributed by atoms with van der Waals surface area (Å²) >= 11 is 23.1. The third-order valence-electron chi connectivity index (χ3n) is 0.846. The van der Waals surface area contributed by atoms with Gasteiger partial charge in [-0.1, -0.05) is 11.4 Å². The van der Waals surface area contributed by atoms with Gasteiger partial charge in [-0.25, -0.2) is 0 Å². The van der Waals surface area contributed by atoms with Crippen LogP contribution < -0.4 is 4.65 Å². The highest BCUT2D eigenvalue weighted by molar-refractivity contribution is 7.56. The van der Waals surface area contributed by atoms with Gasteiger partial charge in [0.15, 0.2) is 0 Å². The fraction of sp³-hybridized carbons (Fsp3) is 0. The minimum absolute atomic E-state index is 1.44. The lowest BCUT2D eigenvalue weighted by atomic mass is 11.3. The van der Waals surface area contributed by atoms with Gasteiger partial charge in [0.05, 0.1) is 0 Å². The third kappa shape index (κ3) is 5.30. The molecule has 0 saturated heterocycles. The normalized spacial score (nSPS) is 12.7. The smallest absolute Gasteiger partial charge is 0.305 e. The summed E-state index contributed by atoms with van der Waals surface area (Å²) in [6.45, 7) is 1.62. The van der Waals surface area contributed by atoms with Crippen molar-refractivity contribution in [1.82, 2.24) is 4.65 Å². The summed E-state index contributed by atoms with van der Waals surface area (Å²) in [5, 5.41) is 0. The number of nitrogens with one attached hydrogen (secondary N) is 1. The first-order chi connectivity index (χ1) is 4.83. The lowest BCUT2D eigenvalue weighted by Crippen LogP contribution is -2.51. The summed E-state index contributed by atoms with van der Waals surface area (Å²) in [6, 6.07) is 0. The van der Waals surface area contributed by atoms with Gasteiger partial charge in [-0.15, -0.1) is 57.5 Å². The maximum atomic E-state index is 5.78. The van der Waals surface area contributed by atoms with E-state index in [-0.39, 0.29) is 0 Å². The first kappa shape index (κ1) is 12.0. The van der Waals surface area contributed by atoms with Crippen LogP contribution in [0.5, 0.6) is 0 Å². The van der Waals surface area contributed by atoms with E-state index in [1.807, 2.05) is 0 Å². The van der Waals surface area contributed by atoms with Gasteiger partial charge >= 0.3 is 13.7 Å². The van der Waals surface area contributed by atoms with Gasteiger partial charge in [0, 0.05) is 0 Å². The topological polar surface area (TPSA) is 12.0 Å². The summed E-state index contributed by atoms with van der Waals surface area (Å²) in [5.41, 5.74) is 2.87. The van der Waals surface area contributed by atoms with Crippen molar-refractivity contribution in [1.29, 1.82) is 0 Å². The fourth-order valence-electron chi connectivity index (χ4n) is 0.324. The standard InChI is InChI=1S/C4H7Cl4NSi2/c1-3-10(5,6)9-11(7,8)4-2/h3-4,9H,1-2H2. The average molecular weight is 267 g/mol. The Labute approximate surface area is 87.0 Å². The Kier molecular flexibility index (Phi) is 4.73. The first-order valence-electron chi connectivity index (χ1n) is 2.65. The van der Waals surface area contributed by atoms with E-state index in [4.69, 9.17) is 44.3 Å². The lowest BCUT2D eigenvalue weighted by Gasteiger charge is -2.20. The van der Waals surface area contributed by atoms with Crippen LogP contribution in [0.25, 0.3) is 0 Å². The molecule has 1 nitrogen and oxygen atoms in total. The van der Waals surface area contributed by atoms with Crippen molar-refractivity contribution in [2.45, 2.75) is 0 Å². The molecular weight excluding hydrogens is 260 g/mol. The van der Waals surface area contributed by atoms with Crippen LogP contribution in [-0.2, 0) is 0 Å². The molecule has 0 rings (SSSR count). The van der Waals surface area contributed by atoms with Crippen molar-refractivity contribution in [3.05, 3.63) is 24.6 Å². The Morgan fingerprint density at radius 3 is 1.36 bits per heavy atom. The van der Waals surface area contributed by atoms with Crippen LogP contribution in [0.2, 0.25) is 0 Å².